The SMILES string of the molecule is NS(=O)(=O)c1ccc(OCc2ccco2)nc1. The minimum absolute atomic E-state index is 0.0529. The fourth-order valence-electron chi connectivity index (χ4n) is 1.16. The minimum Gasteiger partial charge on any atom is -0.469 e. The molecule has 0 aliphatic rings. The van der Waals surface area contributed by atoms with Crippen molar-refractivity contribution in [3.8, 4) is 5.88 Å². The lowest BCUT2D eigenvalue weighted by molar-refractivity contribution is 0.260. The molecule has 6 nitrogen and oxygen atoms in total. The van der Waals surface area contributed by atoms with Crippen molar-refractivity contribution >= 4 is 10.0 Å². The van der Waals surface area contributed by atoms with Crippen LogP contribution in [-0.2, 0) is 16.6 Å². The summed E-state index contributed by atoms with van der Waals surface area (Å²) in [6.07, 6.45) is 2.68. The van der Waals surface area contributed by atoms with E-state index in [1.165, 1.54) is 18.4 Å². The Kier molecular flexibility index (Phi) is 3.12. The quantitative estimate of drug-likeness (QED) is 0.874. The third kappa shape index (κ3) is 3.05. The molecule has 7 heteroatoms. The molecule has 0 amide bonds. The summed E-state index contributed by atoms with van der Waals surface area (Å²) in [4.78, 5) is 3.77. The van der Waals surface area contributed by atoms with Crippen molar-refractivity contribution in [2.24, 2.45) is 5.14 Å². The standard InChI is InChI=1S/C10H10N2O4S/c11-17(13,14)9-3-4-10(12-6-9)16-7-8-2-1-5-15-8/h1-6H,7H2,(H2,11,13,14). The van der Waals surface area contributed by atoms with Gasteiger partial charge in [0.1, 0.15) is 17.3 Å². The number of sulfonamides is 1. The van der Waals surface area contributed by atoms with Crippen LogP contribution in [0.15, 0.2) is 46.0 Å². The van der Waals surface area contributed by atoms with Gasteiger partial charge in [-0.15, -0.1) is 0 Å². The fraction of sp³-hybridized carbons (Fsp3) is 0.100. The van der Waals surface area contributed by atoms with E-state index < -0.39 is 10.0 Å². The summed E-state index contributed by atoms with van der Waals surface area (Å²) >= 11 is 0. The van der Waals surface area contributed by atoms with Gasteiger partial charge in [0.25, 0.3) is 0 Å². The molecule has 0 fully saturated rings. The minimum atomic E-state index is -3.71. The molecule has 17 heavy (non-hydrogen) atoms. The molecular formula is C10H10N2O4S. The monoisotopic (exact) mass is 254 g/mol. The van der Waals surface area contributed by atoms with Gasteiger partial charge in [0.05, 0.1) is 12.5 Å². The molecule has 0 spiro atoms. The van der Waals surface area contributed by atoms with E-state index in [1.807, 2.05) is 0 Å². The second-order valence-electron chi connectivity index (χ2n) is 3.25. The number of hydrogen-bond acceptors (Lipinski definition) is 5. The maximum absolute atomic E-state index is 11.0. The van der Waals surface area contributed by atoms with Gasteiger partial charge in [-0.05, 0) is 18.2 Å². The zero-order valence-corrected chi connectivity index (χ0v) is 9.55. The first-order chi connectivity index (χ1) is 8.05. The van der Waals surface area contributed by atoms with Crippen LogP contribution in [0.5, 0.6) is 5.88 Å². The van der Waals surface area contributed by atoms with Gasteiger partial charge in [-0.3, -0.25) is 0 Å². The summed E-state index contributed by atoms with van der Waals surface area (Å²) in [6.45, 7) is 0.231. The number of pyridine rings is 1. The van der Waals surface area contributed by atoms with Crippen LogP contribution in [0.3, 0.4) is 0 Å². The van der Waals surface area contributed by atoms with Crippen molar-refractivity contribution in [3.05, 3.63) is 42.5 Å². The molecule has 0 saturated carbocycles. The van der Waals surface area contributed by atoms with Gasteiger partial charge in [0, 0.05) is 6.07 Å². The molecule has 2 rings (SSSR count). The highest BCUT2D eigenvalue weighted by Crippen LogP contribution is 2.12. The lowest BCUT2D eigenvalue weighted by atomic mass is 10.4. The van der Waals surface area contributed by atoms with Crippen LogP contribution in [0.25, 0.3) is 0 Å². The largest absolute Gasteiger partial charge is 0.469 e. The maximum Gasteiger partial charge on any atom is 0.239 e. The van der Waals surface area contributed by atoms with E-state index in [-0.39, 0.29) is 11.5 Å². The zero-order valence-electron chi connectivity index (χ0n) is 8.74. The Morgan fingerprint density at radius 2 is 2.18 bits per heavy atom. The number of furan rings is 1. The van der Waals surface area contributed by atoms with E-state index in [4.69, 9.17) is 14.3 Å². The number of hydrogen-bond donors (Lipinski definition) is 1. The van der Waals surface area contributed by atoms with E-state index in [2.05, 4.69) is 4.98 Å². The van der Waals surface area contributed by atoms with Gasteiger partial charge in [-0.2, -0.15) is 0 Å². The van der Waals surface area contributed by atoms with E-state index in [1.54, 1.807) is 12.1 Å². The predicted octanol–water partition coefficient (Wildman–Crippen LogP) is 0.901. The van der Waals surface area contributed by atoms with Crippen molar-refractivity contribution in [2.45, 2.75) is 11.5 Å². The fourth-order valence-corrected chi connectivity index (χ4v) is 1.62. The molecule has 0 aliphatic carbocycles. The van der Waals surface area contributed by atoms with Crippen molar-refractivity contribution in [1.29, 1.82) is 0 Å². The van der Waals surface area contributed by atoms with Crippen LogP contribution in [0.2, 0.25) is 0 Å². The Morgan fingerprint density at radius 3 is 2.71 bits per heavy atom. The van der Waals surface area contributed by atoms with Crippen molar-refractivity contribution in [3.63, 3.8) is 0 Å². The van der Waals surface area contributed by atoms with Crippen molar-refractivity contribution in [2.75, 3.05) is 0 Å². The summed E-state index contributed by atoms with van der Waals surface area (Å²) in [7, 11) is -3.71. The Balaban J connectivity index is 2.04. The molecule has 0 bridgehead atoms. The van der Waals surface area contributed by atoms with E-state index >= 15 is 0 Å². The molecule has 0 saturated heterocycles. The van der Waals surface area contributed by atoms with Crippen molar-refractivity contribution < 1.29 is 17.6 Å². The number of ether oxygens (including phenoxy) is 1. The smallest absolute Gasteiger partial charge is 0.239 e. The van der Waals surface area contributed by atoms with Crippen LogP contribution in [0.1, 0.15) is 5.76 Å². The summed E-state index contributed by atoms with van der Waals surface area (Å²) in [5, 5.41) is 4.93. The van der Waals surface area contributed by atoms with Gasteiger partial charge < -0.3 is 9.15 Å². The Hall–Kier alpha value is -1.86. The molecular weight excluding hydrogens is 244 g/mol. The number of rotatable bonds is 4. The third-order valence-corrected chi connectivity index (χ3v) is 2.88. The first kappa shape index (κ1) is 11.6. The Bertz CT molecular complexity index is 575. The number of primary sulfonamides is 1. The van der Waals surface area contributed by atoms with Gasteiger partial charge in [-0.1, -0.05) is 0 Å². The molecule has 2 heterocycles. The number of aromatic nitrogens is 1. The van der Waals surface area contributed by atoms with E-state index in [9.17, 15) is 8.42 Å². The summed E-state index contributed by atoms with van der Waals surface area (Å²) in [5.41, 5.74) is 0. The van der Waals surface area contributed by atoms with Crippen molar-refractivity contribution in [1.82, 2.24) is 4.98 Å². The van der Waals surface area contributed by atoms with Crippen LogP contribution < -0.4 is 9.88 Å². The highest BCUT2D eigenvalue weighted by atomic mass is 32.2. The van der Waals surface area contributed by atoms with E-state index in [0.717, 1.165) is 6.20 Å². The van der Waals surface area contributed by atoms with Crippen LogP contribution >= 0.6 is 0 Å². The number of nitrogens with zero attached hydrogens (tertiary/aromatic N) is 1. The molecule has 0 radical (unpaired) electrons. The molecule has 2 N–H and O–H groups in total. The van der Waals surface area contributed by atoms with Crippen LogP contribution in [0.4, 0.5) is 0 Å². The molecule has 0 atom stereocenters. The summed E-state index contributed by atoms with van der Waals surface area (Å²) < 4.78 is 32.3. The first-order valence-corrected chi connectivity index (χ1v) is 6.24. The Labute approximate surface area is 98.1 Å². The highest BCUT2D eigenvalue weighted by Gasteiger charge is 2.08. The number of nitrogens with two attached hydrogens (primary N) is 1. The lowest BCUT2D eigenvalue weighted by Crippen LogP contribution is -2.12. The molecule has 2 aromatic heterocycles. The third-order valence-electron chi connectivity index (χ3n) is 1.98. The molecule has 0 aromatic carbocycles. The average molecular weight is 254 g/mol. The van der Waals surface area contributed by atoms with Gasteiger partial charge in [0.2, 0.25) is 15.9 Å². The maximum atomic E-state index is 11.0. The van der Waals surface area contributed by atoms with Crippen LogP contribution in [0, 0.1) is 0 Å². The molecule has 0 aliphatic heterocycles. The summed E-state index contributed by atoms with van der Waals surface area (Å²) in [6, 6.07) is 6.28. The molecule has 0 unspecified atom stereocenters. The molecule has 2 aromatic rings. The van der Waals surface area contributed by atoms with Gasteiger partial charge in [-0.25, -0.2) is 18.5 Å². The van der Waals surface area contributed by atoms with Gasteiger partial charge in [0.15, 0.2) is 0 Å². The molecule has 90 valence electrons. The highest BCUT2D eigenvalue weighted by molar-refractivity contribution is 7.89. The van der Waals surface area contributed by atoms with Gasteiger partial charge >= 0.3 is 0 Å². The zero-order chi connectivity index (χ0) is 12.3. The normalized spacial score (nSPS) is 11.4. The second kappa shape index (κ2) is 4.56. The second-order valence-corrected chi connectivity index (χ2v) is 4.81. The average Bonchev–Trinajstić information content (AvgIpc) is 2.78. The summed E-state index contributed by atoms with van der Waals surface area (Å²) in [5.74, 6) is 0.955. The topological polar surface area (TPSA) is 95.4 Å². The van der Waals surface area contributed by atoms with Crippen LogP contribution in [-0.4, -0.2) is 13.4 Å². The first-order valence-electron chi connectivity index (χ1n) is 4.70. The predicted molar refractivity (Wildman–Crippen MR) is 58.7 cm³/mol. The Morgan fingerprint density at radius 1 is 1.35 bits per heavy atom. The van der Waals surface area contributed by atoms with E-state index in [0.29, 0.717) is 11.6 Å². The lowest BCUT2D eigenvalue weighted by Gasteiger charge is -2.03.